The van der Waals surface area contributed by atoms with Crippen molar-refractivity contribution in [2.24, 2.45) is 28.8 Å². The third-order valence-corrected chi connectivity index (χ3v) is 13.4. The number of oxime groups is 1. The van der Waals surface area contributed by atoms with Gasteiger partial charge in [-0.25, -0.2) is 4.79 Å². The van der Waals surface area contributed by atoms with E-state index in [4.69, 9.17) is 28.9 Å². The summed E-state index contributed by atoms with van der Waals surface area (Å²) in [4.78, 5) is 46.6. The molecule has 0 saturated heterocycles. The topological polar surface area (TPSA) is 212 Å². The molecule has 2 aromatic rings. The number of carbonyl (C=O) groups is 2. The van der Waals surface area contributed by atoms with E-state index in [0.717, 1.165) is 68.9 Å². The number of benzene rings is 2. The van der Waals surface area contributed by atoms with Crippen LogP contribution < -0.4 is 14.8 Å². The Labute approximate surface area is 382 Å². The van der Waals surface area contributed by atoms with E-state index in [0.29, 0.717) is 54.5 Å². The highest BCUT2D eigenvalue weighted by Gasteiger charge is 2.65. The second kappa shape index (κ2) is 24.6. The van der Waals surface area contributed by atoms with Crippen LogP contribution >= 0.6 is 0 Å². The van der Waals surface area contributed by atoms with Crippen LogP contribution in [0.25, 0.3) is 0 Å². The van der Waals surface area contributed by atoms with Crippen molar-refractivity contribution in [3.63, 3.8) is 0 Å². The molecular formula is C49H68N4O12. The molecule has 65 heavy (non-hydrogen) atoms. The first-order valence-corrected chi connectivity index (χ1v) is 23.5. The number of carbonyl (C=O) groups excluding carboxylic acids is 2. The number of allylic oxidation sites excluding steroid dienone is 1. The van der Waals surface area contributed by atoms with E-state index in [-0.39, 0.29) is 88.6 Å². The zero-order valence-electron chi connectivity index (χ0n) is 37.8. The normalized spacial score (nSPS) is 24.0. The number of ether oxygens (including phenoxy) is 4. The van der Waals surface area contributed by atoms with E-state index in [2.05, 4.69) is 18.0 Å². The number of rotatable bonds is 26. The van der Waals surface area contributed by atoms with E-state index < -0.39 is 28.8 Å². The lowest BCUT2D eigenvalue weighted by Gasteiger charge is -2.60. The molecule has 0 bridgehead atoms. The van der Waals surface area contributed by atoms with Crippen molar-refractivity contribution in [3.8, 4) is 11.5 Å². The summed E-state index contributed by atoms with van der Waals surface area (Å²) in [5.41, 5.74) is 2.87. The van der Waals surface area contributed by atoms with Gasteiger partial charge in [0.1, 0.15) is 24.1 Å². The monoisotopic (exact) mass is 904 g/mol. The van der Waals surface area contributed by atoms with Gasteiger partial charge in [-0.3, -0.25) is 14.9 Å². The van der Waals surface area contributed by atoms with Crippen LogP contribution in [0.4, 0.5) is 10.5 Å². The van der Waals surface area contributed by atoms with Crippen LogP contribution in [-0.4, -0.2) is 107 Å². The molecule has 3 aliphatic carbocycles. The number of nitrogens with zero attached hydrogens (tertiary/aromatic N) is 3. The molecule has 0 aromatic heterocycles. The average molecular weight is 905 g/mol. The molecule has 356 valence electrons. The second-order valence-corrected chi connectivity index (χ2v) is 17.5. The summed E-state index contributed by atoms with van der Waals surface area (Å²) in [5, 5.41) is 48.5. The smallest absolute Gasteiger partial charge is 0.412 e. The number of nitro benzene ring substituents is 1. The summed E-state index contributed by atoms with van der Waals surface area (Å²) >= 11 is 0. The Bertz CT molecular complexity index is 1950. The van der Waals surface area contributed by atoms with Crippen molar-refractivity contribution in [2.45, 2.75) is 115 Å². The summed E-state index contributed by atoms with van der Waals surface area (Å²) in [6.07, 6.45) is 13.2. The van der Waals surface area contributed by atoms with Crippen LogP contribution in [0.1, 0.15) is 107 Å². The van der Waals surface area contributed by atoms with Crippen LogP contribution in [0, 0.1) is 33.8 Å². The van der Waals surface area contributed by atoms with Crippen molar-refractivity contribution < 1.29 is 53.6 Å². The molecule has 0 spiro atoms. The molecule has 16 nitrogen and oxygen atoms in total. The number of unbranched alkanes of at least 4 members (excludes halogenated alkanes) is 2. The number of aliphatic hydroxyl groups is 3. The van der Waals surface area contributed by atoms with Crippen molar-refractivity contribution in [1.82, 2.24) is 10.2 Å². The third-order valence-electron chi connectivity index (χ3n) is 13.4. The minimum Gasteiger partial charge on any atom is -0.459 e. The predicted octanol–water partition coefficient (Wildman–Crippen LogP) is 7.34. The Morgan fingerprint density at radius 3 is 2.46 bits per heavy atom. The number of hydrogen-bond donors (Lipinski definition) is 4. The molecule has 0 unspecified atom stereocenters. The molecule has 2 saturated carbocycles. The molecular weight excluding hydrogens is 837 g/mol. The van der Waals surface area contributed by atoms with Crippen LogP contribution in [0.3, 0.4) is 0 Å². The van der Waals surface area contributed by atoms with Gasteiger partial charge in [-0.05, 0) is 98.2 Å². The van der Waals surface area contributed by atoms with E-state index in [1.54, 1.807) is 30.3 Å². The number of fused-ring (bicyclic) bond motifs is 2. The number of hydrogen-bond acceptors (Lipinski definition) is 13. The number of non-ortho nitro benzene ring substituents is 1. The number of amides is 2. The minimum atomic E-state index is -1.50. The highest BCUT2D eigenvalue weighted by atomic mass is 16.7. The number of nitrogens with one attached hydrogen (secondary N) is 1. The fraction of sp³-hybridized carbons (Fsp3) is 0.612. The molecule has 4 N–H and O–H groups in total. The van der Waals surface area contributed by atoms with E-state index >= 15 is 0 Å². The van der Waals surface area contributed by atoms with E-state index in [1.807, 2.05) is 17.9 Å². The Hall–Kier alpha value is -4.87. The summed E-state index contributed by atoms with van der Waals surface area (Å²) in [7, 11) is 0. The summed E-state index contributed by atoms with van der Waals surface area (Å²) < 4.78 is 26.0. The predicted molar refractivity (Wildman–Crippen MR) is 243 cm³/mol. The van der Waals surface area contributed by atoms with E-state index in [1.165, 1.54) is 12.1 Å². The fourth-order valence-corrected chi connectivity index (χ4v) is 10.5. The fourth-order valence-electron chi connectivity index (χ4n) is 10.5. The highest BCUT2D eigenvalue weighted by Crippen LogP contribution is 2.62. The van der Waals surface area contributed by atoms with Gasteiger partial charge in [0.15, 0.2) is 0 Å². The standard InChI is InChI=1S/C49H68N4O12/c1-3-27-62-49-44(52(23-28-61-29-26-56)45(57)22-17-34-11-5-6-12-34)32-42(51-63-33-35-15-18-37(19-16-35)53(59)60)40-30-36(13-7-9-24-54)39(14-8-10-25-55)46(47(40)49)41-31-38(20-21-43(41)65-49)64-48(58)50-4-2/h3,15-16,18-21,30-31,34,36,39,44,46-47,54-56H,1,4-14,17,22-29,32-33H2,2H3,(H,50,58)/t36-,39+,44-,46+,47+,49+/m0/s1. The van der Waals surface area contributed by atoms with Gasteiger partial charge >= 0.3 is 6.09 Å². The van der Waals surface area contributed by atoms with E-state index in [9.17, 15) is 35.0 Å². The van der Waals surface area contributed by atoms with Crippen molar-refractivity contribution in [3.05, 3.63) is 88.0 Å². The molecule has 2 fully saturated rings. The summed E-state index contributed by atoms with van der Waals surface area (Å²) in [5.74, 6) is -1.28. The molecule has 6 atom stereocenters. The first-order chi connectivity index (χ1) is 31.7. The third kappa shape index (κ3) is 12.3. The number of aliphatic hydroxyl groups excluding tert-OH is 3. The molecule has 0 radical (unpaired) electrons. The van der Waals surface area contributed by atoms with Crippen LogP contribution in [0.2, 0.25) is 0 Å². The quantitative estimate of drug-likeness (QED) is 0.0316. The van der Waals surface area contributed by atoms with Gasteiger partial charge in [0.25, 0.3) is 5.69 Å². The van der Waals surface area contributed by atoms with Crippen LogP contribution in [0.15, 0.2) is 71.9 Å². The van der Waals surface area contributed by atoms with Gasteiger partial charge in [-0.15, -0.1) is 6.58 Å². The Balaban J connectivity index is 1.55. The summed E-state index contributed by atoms with van der Waals surface area (Å²) in [6, 6.07) is 10.7. The summed E-state index contributed by atoms with van der Waals surface area (Å²) in [6.45, 7) is 6.67. The lowest BCUT2D eigenvalue weighted by Crippen LogP contribution is -2.70. The molecule has 16 heteroatoms. The molecule has 4 aliphatic rings. The van der Waals surface area contributed by atoms with Crippen LogP contribution in [0.5, 0.6) is 11.5 Å². The largest absolute Gasteiger partial charge is 0.459 e. The Kier molecular flexibility index (Phi) is 18.8. The van der Waals surface area contributed by atoms with Gasteiger partial charge < -0.3 is 49.3 Å². The Morgan fingerprint density at radius 2 is 1.77 bits per heavy atom. The van der Waals surface area contributed by atoms with Gasteiger partial charge in [0, 0.05) is 62.8 Å². The molecule has 1 heterocycles. The molecule has 2 aromatic carbocycles. The lowest BCUT2D eigenvalue weighted by atomic mass is 9.55. The zero-order valence-corrected chi connectivity index (χ0v) is 37.8. The zero-order chi connectivity index (χ0) is 46.2. The highest BCUT2D eigenvalue weighted by molar-refractivity contribution is 6.03. The second-order valence-electron chi connectivity index (χ2n) is 17.5. The van der Waals surface area contributed by atoms with Gasteiger partial charge in [0.05, 0.1) is 43.0 Å². The average Bonchev–Trinajstić information content (AvgIpc) is 3.83. The number of nitro groups is 1. The van der Waals surface area contributed by atoms with Gasteiger partial charge in [0.2, 0.25) is 11.7 Å². The van der Waals surface area contributed by atoms with Gasteiger partial charge in [-0.2, -0.15) is 0 Å². The molecule has 6 rings (SSSR count). The maximum atomic E-state index is 14.9. The minimum absolute atomic E-state index is 0.0221. The van der Waals surface area contributed by atoms with Crippen molar-refractivity contribution >= 4 is 23.4 Å². The van der Waals surface area contributed by atoms with Crippen LogP contribution in [-0.2, 0) is 25.7 Å². The first-order valence-electron chi connectivity index (χ1n) is 23.5. The first kappa shape index (κ1) is 49.6. The molecule has 1 aliphatic heterocycles. The van der Waals surface area contributed by atoms with Gasteiger partial charge in [-0.1, -0.05) is 55.8 Å². The lowest BCUT2D eigenvalue weighted by molar-refractivity contribution is -0.384. The SMILES string of the molecule is C=CCO[C@@]12Oc3ccc(OC(=O)NCC)cc3[C@H]3[C@H](CCCCO)[C@@H](CCCCO)C=C(C(=NOCc4ccc([N+](=O)[O-])cc4)C[C@@H]1N(CCOCCO)C(=O)CCC1CCCC1)[C@H]32. The maximum absolute atomic E-state index is 14.9. The molecule has 2 amide bonds. The van der Waals surface area contributed by atoms with Crippen molar-refractivity contribution in [1.29, 1.82) is 0 Å². The Morgan fingerprint density at radius 1 is 1.02 bits per heavy atom. The maximum Gasteiger partial charge on any atom is 0.412 e. The van der Waals surface area contributed by atoms with Crippen molar-refractivity contribution in [2.75, 3.05) is 52.7 Å².